The van der Waals surface area contributed by atoms with E-state index in [1.54, 1.807) is 29.4 Å². The molecule has 0 radical (unpaired) electrons. The maximum absolute atomic E-state index is 13.1. The van der Waals surface area contributed by atoms with E-state index in [1.807, 2.05) is 48.5 Å². The predicted octanol–water partition coefficient (Wildman–Crippen LogP) is 4.43. The molecule has 1 unspecified atom stereocenters. The Hall–Kier alpha value is -3.19. The second kappa shape index (κ2) is 9.75. The lowest BCUT2D eigenvalue weighted by Gasteiger charge is -2.36. The molecule has 31 heavy (non-hydrogen) atoms. The van der Waals surface area contributed by atoms with E-state index >= 15 is 0 Å². The van der Waals surface area contributed by atoms with Gasteiger partial charge in [-0.1, -0.05) is 48.6 Å². The van der Waals surface area contributed by atoms with Crippen molar-refractivity contribution >= 4 is 34.9 Å². The third-order valence-electron chi connectivity index (χ3n) is 5.40. The van der Waals surface area contributed by atoms with Gasteiger partial charge in [-0.15, -0.1) is 0 Å². The molecule has 0 N–H and O–H groups in total. The number of thioether (sulfide) groups is 1. The molecule has 7 heteroatoms. The average molecular weight is 434 g/mol. The van der Waals surface area contributed by atoms with Crippen molar-refractivity contribution in [3.8, 4) is 0 Å². The first-order valence-electron chi connectivity index (χ1n) is 10.3. The van der Waals surface area contributed by atoms with Crippen molar-refractivity contribution in [1.29, 1.82) is 0 Å². The number of hydrogen-bond donors (Lipinski definition) is 0. The zero-order valence-electron chi connectivity index (χ0n) is 17.0. The molecule has 2 aromatic rings. The summed E-state index contributed by atoms with van der Waals surface area (Å²) in [5.41, 5.74) is 1.98. The lowest BCUT2D eigenvalue weighted by molar-refractivity contribution is -0.138. The van der Waals surface area contributed by atoms with Crippen LogP contribution in [0.3, 0.4) is 0 Å². The number of hydrogen-bond acceptors (Lipinski definition) is 5. The molecule has 0 aliphatic carbocycles. The second-order valence-corrected chi connectivity index (χ2v) is 8.44. The van der Waals surface area contributed by atoms with Gasteiger partial charge in [0.15, 0.2) is 0 Å². The molecular weight excluding hydrogens is 410 g/mol. The molecule has 0 spiro atoms. The Kier molecular flexibility index (Phi) is 6.62. The van der Waals surface area contributed by atoms with Crippen LogP contribution in [0.15, 0.2) is 71.9 Å². The summed E-state index contributed by atoms with van der Waals surface area (Å²) in [4.78, 5) is 45.5. The van der Waals surface area contributed by atoms with Crippen LogP contribution < -0.4 is 0 Å². The fourth-order valence-corrected chi connectivity index (χ4v) is 4.63. The summed E-state index contributed by atoms with van der Waals surface area (Å²) < 4.78 is 0. The number of allylic oxidation sites excluding steroid dienone is 2. The van der Waals surface area contributed by atoms with Crippen molar-refractivity contribution in [3.63, 3.8) is 0 Å². The van der Waals surface area contributed by atoms with Gasteiger partial charge in [0.2, 0.25) is 5.91 Å². The molecule has 4 rings (SSSR count). The van der Waals surface area contributed by atoms with E-state index in [-0.39, 0.29) is 18.5 Å². The Morgan fingerprint density at radius 1 is 1.13 bits per heavy atom. The summed E-state index contributed by atoms with van der Waals surface area (Å²) in [5.74, 6) is -0.632. The molecule has 0 bridgehead atoms. The number of carbonyl (C=O) groups excluding carboxylic acids is 3. The number of piperidine rings is 1. The minimum Gasteiger partial charge on any atom is -0.334 e. The van der Waals surface area contributed by atoms with E-state index < -0.39 is 11.1 Å². The van der Waals surface area contributed by atoms with Crippen LogP contribution in [-0.2, 0) is 9.59 Å². The molecule has 3 heterocycles. The fourth-order valence-electron chi connectivity index (χ4n) is 3.84. The summed E-state index contributed by atoms with van der Waals surface area (Å²) in [7, 11) is 0. The first kappa shape index (κ1) is 21.1. The Labute approximate surface area is 185 Å². The highest BCUT2D eigenvalue weighted by atomic mass is 32.2. The van der Waals surface area contributed by atoms with Crippen molar-refractivity contribution in [2.75, 3.05) is 13.1 Å². The lowest BCUT2D eigenvalue weighted by atomic mass is 9.96. The third kappa shape index (κ3) is 4.94. The van der Waals surface area contributed by atoms with Crippen LogP contribution in [0.4, 0.5) is 4.79 Å². The predicted molar refractivity (Wildman–Crippen MR) is 121 cm³/mol. The minimum atomic E-state index is -0.420. The number of nitrogens with zero attached hydrogens (tertiary/aromatic N) is 3. The summed E-state index contributed by atoms with van der Waals surface area (Å²) in [6, 6.07) is 13.4. The molecule has 1 aromatic heterocycles. The standard InChI is InChI=1S/C24H23N3O3S/c28-22(26-15-5-4-12-20(26)19-11-7-14-25-16-19)17-27-23(29)21(31-24(27)30)13-6-10-18-8-2-1-3-9-18/h1-3,6-11,13-14,16,20H,4-5,12,15,17H2/b10-6+,21-13-. The van der Waals surface area contributed by atoms with E-state index in [0.717, 1.165) is 47.1 Å². The highest BCUT2D eigenvalue weighted by Gasteiger charge is 2.38. The van der Waals surface area contributed by atoms with Gasteiger partial charge < -0.3 is 4.90 Å². The molecule has 3 amide bonds. The van der Waals surface area contributed by atoms with E-state index in [1.165, 1.54) is 0 Å². The summed E-state index contributed by atoms with van der Waals surface area (Å²) >= 11 is 0.869. The first-order chi connectivity index (χ1) is 15.1. The summed E-state index contributed by atoms with van der Waals surface area (Å²) in [6.07, 6.45) is 11.5. The molecule has 2 saturated heterocycles. The van der Waals surface area contributed by atoms with Gasteiger partial charge in [0.05, 0.1) is 10.9 Å². The van der Waals surface area contributed by atoms with Crippen molar-refractivity contribution in [2.45, 2.75) is 25.3 Å². The minimum absolute atomic E-state index is 0.0702. The van der Waals surface area contributed by atoms with Gasteiger partial charge in [0, 0.05) is 18.9 Å². The number of pyridine rings is 1. The first-order valence-corrected chi connectivity index (χ1v) is 11.1. The quantitative estimate of drug-likeness (QED) is 0.653. The summed E-state index contributed by atoms with van der Waals surface area (Å²) in [6.45, 7) is 0.380. The lowest BCUT2D eigenvalue weighted by Crippen LogP contribution is -2.45. The Bertz CT molecular complexity index is 1020. The van der Waals surface area contributed by atoms with Crippen molar-refractivity contribution < 1.29 is 14.4 Å². The normalized spacial score (nSPS) is 20.8. The molecular formula is C24H23N3O3S. The van der Waals surface area contributed by atoms with E-state index in [0.29, 0.717) is 11.4 Å². The number of amides is 3. The number of carbonyl (C=O) groups is 3. The number of imide groups is 1. The van der Waals surface area contributed by atoms with Crippen molar-refractivity contribution in [3.05, 3.63) is 83.0 Å². The van der Waals surface area contributed by atoms with E-state index in [4.69, 9.17) is 0 Å². The fraction of sp³-hybridized carbons (Fsp3) is 0.250. The van der Waals surface area contributed by atoms with Crippen LogP contribution in [-0.4, -0.2) is 44.9 Å². The molecule has 2 aliphatic heterocycles. The molecule has 6 nitrogen and oxygen atoms in total. The SMILES string of the molecule is O=C1S/C(=C\C=C\c2ccccc2)C(=O)N1CC(=O)N1CCCCC1c1cccnc1. The van der Waals surface area contributed by atoms with Crippen molar-refractivity contribution in [1.82, 2.24) is 14.8 Å². The van der Waals surface area contributed by atoms with Gasteiger partial charge in [-0.05, 0) is 54.3 Å². The van der Waals surface area contributed by atoms with E-state index in [9.17, 15) is 14.4 Å². The molecule has 1 atom stereocenters. The van der Waals surface area contributed by atoms with Crippen LogP contribution >= 0.6 is 11.8 Å². The van der Waals surface area contributed by atoms with E-state index in [2.05, 4.69) is 4.98 Å². The Morgan fingerprint density at radius 3 is 2.74 bits per heavy atom. The largest absolute Gasteiger partial charge is 0.334 e. The van der Waals surface area contributed by atoms with Crippen LogP contribution in [0.2, 0.25) is 0 Å². The zero-order chi connectivity index (χ0) is 21.6. The second-order valence-electron chi connectivity index (χ2n) is 7.45. The van der Waals surface area contributed by atoms with Gasteiger partial charge in [-0.2, -0.15) is 0 Å². The van der Waals surface area contributed by atoms with Gasteiger partial charge in [-0.25, -0.2) is 0 Å². The third-order valence-corrected chi connectivity index (χ3v) is 6.32. The highest BCUT2D eigenvalue weighted by Crippen LogP contribution is 2.33. The number of rotatable bonds is 5. The maximum Gasteiger partial charge on any atom is 0.294 e. The highest BCUT2D eigenvalue weighted by molar-refractivity contribution is 8.18. The molecule has 0 saturated carbocycles. The molecule has 1 aromatic carbocycles. The van der Waals surface area contributed by atoms with Crippen LogP contribution in [0.1, 0.15) is 36.4 Å². The van der Waals surface area contributed by atoms with Crippen LogP contribution in [0.25, 0.3) is 6.08 Å². The zero-order valence-corrected chi connectivity index (χ0v) is 17.8. The smallest absolute Gasteiger partial charge is 0.294 e. The summed E-state index contributed by atoms with van der Waals surface area (Å²) in [5, 5.41) is -0.410. The number of likely N-dealkylation sites (tertiary alicyclic amines) is 1. The van der Waals surface area contributed by atoms with Gasteiger partial charge in [-0.3, -0.25) is 24.3 Å². The van der Waals surface area contributed by atoms with Crippen molar-refractivity contribution in [2.24, 2.45) is 0 Å². The number of benzene rings is 1. The maximum atomic E-state index is 13.1. The monoisotopic (exact) mass is 433 g/mol. The molecule has 158 valence electrons. The molecule has 2 fully saturated rings. The van der Waals surface area contributed by atoms with Crippen LogP contribution in [0, 0.1) is 0 Å². The van der Waals surface area contributed by atoms with Gasteiger partial charge in [0.25, 0.3) is 11.1 Å². The van der Waals surface area contributed by atoms with Gasteiger partial charge in [0.1, 0.15) is 6.54 Å². The Balaban J connectivity index is 1.44. The molecule has 2 aliphatic rings. The Morgan fingerprint density at radius 2 is 1.97 bits per heavy atom. The number of aromatic nitrogens is 1. The average Bonchev–Trinajstić information content (AvgIpc) is 3.08. The van der Waals surface area contributed by atoms with Gasteiger partial charge >= 0.3 is 0 Å². The van der Waals surface area contributed by atoms with Crippen LogP contribution in [0.5, 0.6) is 0 Å². The topological polar surface area (TPSA) is 70.6 Å².